The van der Waals surface area contributed by atoms with Crippen LogP contribution in [0.15, 0.2) is 24.8 Å². The molecule has 1 aliphatic heterocycles. The van der Waals surface area contributed by atoms with E-state index in [0.29, 0.717) is 17.7 Å². The van der Waals surface area contributed by atoms with Gasteiger partial charge in [0, 0.05) is 19.6 Å². The molecule has 9 heteroatoms. The van der Waals surface area contributed by atoms with Crippen LogP contribution >= 0.6 is 0 Å². The maximum atomic E-state index is 12.3. The smallest absolute Gasteiger partial charge is 0.384 e. The molecule has 0 radical (unpaired) electrons. The van der Waals surface area contributed by atoms with Gasteiger partial charge < -0.3 is 10.2 Å². The van der Waals surface area contributed by atoms with Crippen LogP contribution in [0, 0.1) is 24.7 Å². The molecule has 2 aromatic heterocycles. The molecule has 0 bridgehead atoms. The van der Waals surface area contributed by atoms with Gasteiger partial charge in [0.15, 0.2) is 5.82 Å². The number of anilines is 1. The lowest BCUT2D eigenvalue weighted by Crippen LogP contribution is -2.57. The van der Waals surface area contributed by atoms with Crippen molar-refractivity contribution in [2.45, 2.75) is 47.0 Å². The van der Waals surface area contributed by atoms with E-state index in [1.54, 1.807) is 11.0 Å². The number of nitrogens with one attached hydrogen (secondary N) is 2. The van der Waals surface area contributed by atoms with Gasteiger partial charge in [0.25, 0.3) is 5.84 Å². The van der Waals surface area contributed by atoms with Crippen molar-refractivity contribution in [1.82, 2.24) is 30.0 Å². The number of rotatable bonds is 7. The van der Waals surface area contributed by atoms with E-state index in [1.807, 2.05) is 37.8 Å². The lowest BCUT2D eigenvalue weighted by molar-refractivity contribution is -0.123. The molecule has 0 spiro atoms. The summed E-state index contributed by atoms with van der Waals surface area (Å²) in [6.07, 6.45) is 6.28. The predicted molar refractivity (Wildman–Crippen MR) is 121 cm³/mol. The van der Waals surface area contributed by atoms with E-state index >= 15 is 0 Å². The zero-order valence-corrected chi connectivity index (χ0v) is 19.0. The summed E-state index contributed by atoms with van der Waals surface area (Å²) in [5.41, 5.74) is 1.99. The molecule has 31 heavy (non-hydrogen) atoms. The highest BCUT2D eigenvalue weighted by Gasteiger charge is 2.29. The van der Waals surface area contributed by atoms with Gasteiger partial charge >= 0.3 is 6.03 Å². The third-order valence-corrected chi connectivity index (χ3v) is 6.14. The van der Waals surface area contributed by atoms with Crippen LogP contribution in [-0.2, 0) is 0 Å². The van der Waals surface area contributed by atoms with Crippen LogP contribution in [0.25, 0.3) is 5.82 Å². The molecule has 3 rings (SSSR count). The highest BCUT2D eigenvalue weighted by molar-refractivity contribution is 5.95. The van der Waals surface area contributed by atoms with Gasteiger partial charge in [-0.3, -0.25) is 5.41 Å². The average molecular weight is 428 g/mol. The minimum atomic E-state index is -0.0729. The first-order chi connectivity index (χ1) is 14.8. The molecule has 0 saturated carbocycles. The monoisotopic (exact) mass is 427 g/mol. The number of carbonyl (C=O) groups is 1. The second-order valence-corrected chi connectivity index (χ2v) is 8.70. The lowest BCUT2D eigenvalue weighted by Gasteiger charge is -2.34. The first-order valence-electron chi connectivity index (χ1n) is 11.1. The van der Waals surface area contributed by atoms with Crippen LogP contribution in [0.5, 0.6) is 0 Å². The third-order valence-electron chi connectivity index (χ3n) is 6.14. The number of aryl methyl sites for hydroxylation is 1. The van der Waals surface area contributed by atoms with Gasteiger partial charge in [-0.1, -0.05) is 20.8 Å². The van der Waals surface area contributed by atoms with E-state index in [4.69, 9.17) is 5.41 Å². The fraction of sp³-hybridized carbons (Fsp3) is 0.591. The molecule has 1 aliphatic rings. The van der Waals surface area contributed by atoms with Crippen LogP contribution in [0.4, 0.5) is 10.5 Å². The van der Waals surface area contributed by atoms with Crippen molar-refractivity contribution in [2.24, 2.45) is 17.8 Å². The van der Waals surface area contributed by atoms with Crippen molar-refractivity contribution < 1.29 is 10.2 Å². The molecule has 0 unspecified atom stereocenters. The van der Waals surface area contributed by atoms with Crippen LogP contribution in [-0.4, -0.2) is 56.1 Å². The highest BCUT2D eigenvalue weighted by Crippen LogP contribution is 2.27. The number of hydrogen-bond donors (Lipinski definition) is 3. The Morgan fingerprint density at radius 3 is 2.61 bits per heavy atom. The van der Waals surface area contributed by atoms with Crippen LogP contribution < -0.4 is 16.0 Å². The average Bonchev–Trinajstić information content (AvgIpc) is 3.29. The summed E-state index contributed by atoms with van der Waals surface area (Å²) in [6, 6.07) is 3.91. The molecule has 3 heterocycles. The van der Waals surface area contributed by atoms with Gasteiger partial charge in [-0.15, -0.1) is 0 Å². The molecule has 1 atom stereocenters. The maximum Gasteiger partial charge on any atom is 0.408 e. The SMILES string of the molecule is Cc1nc(-n2cncn2)ccc1NCC[C@@H](C)C1CCN(C(=O)NC(=[NH2+])C(C)C)CC1. The van der Waals surface area contributed by atoms with Crippen molar-refractivity contribution in [3.63, 3.8) is 0 Å². The minimum Gasteiger partial charge on any atom is -0.384 e. The number of pyridine rings is 1. The minimum absolute atomic E-state index is 0.0729. The number of nitrogens with two attached hydrogens (primary N) is 1. The van der Waals surface area contributed by atoms with Gasteiger partial charge in [0.1, 0.15) is 12.7 Å². The number of piperidine rings is 1. The molecule has 0 aliphatic carbocycles. The molecule has 9 nitrogen and oxygen atoms in total. The normalized spacial score (nSPS) is 15.7. The molecule has 1 saturated heterocycles. The Hall–Kier alpha value is -2.97. The topological polar surface area (TPSA) is 114 Å². The Bertz CT molecular complexity index is 872. The summed E-state index contributed by atoms with van der Waals surface area (Å²) in [6.45, 7) is 10.7. The number of hydrogen-bond acceptors (Lipinski definition) is 5. The largest absolute Gasteiger partial charge is 0.408 e. The number of amides is 2. The van der Waals surface area contributed by atoms with Crippen molar-refractivity contribution >= 4 is 17.6 Å². The first kappa shape index (κ1) is 22.7. The first-order valence-corrected chi connectivity index (χ1v) is 11.1. The summed E-state index contributed by atoms with van der Waals surface area (Å²) in [4.78, 5) is 22.8. The standard InChI is InChI=1S/C22H34N8O/c1-15(2)21(23)28-22(31)29-11-8-18(9-12-29)16(3)7-10-25-19-5-6-20(27-17(19)4)30-14-24-13-26-30/h5-6,13-16,18,25H,7-12H2,1-4H3,(H2,23,28,31)/p+1/t16-/m1/s1. The summed E-state index contributed by atoms with van der Waals surface area (Å²) < 4.78 is 1.65. The van der Waals surface area contributed by atoms with E-state index in [0.717, 1.165) is 56.1 Å². The van der Waals surface area contributed by atoms with Crippen molar-refractivity contribution in [3.05, 3.63) is 30.5 Å². The Morgan fingerprint density at radius 2 is 2.00 bits per heavy atom. The maximum absolute atomic E-state index is 12.3. The number of amidine groups is 1. The zero-order valence-electron chi connectivity index (χ0n) is 19.0. The van der Waals surface area contributed by atoms with Gasteiger partial charge in [-0.25, -0.2) is 19.4 Å². The zero-order chi connectivity index (χ0) is 22.4. The van der Waals surface area contributed by atoms with Crippen LogP contribution in [0.2, 0.25) is 0 Å². The van der Waals surface area contributed by atoms with Gasteiger partial charge in [0.2, 0.25) is 0 Å². The van der Waals surface area contributed by atoms with Gasteiger partial charge in [0.05, 0.1) is 17.3 Å². The summed E-state index contributed by atoms with van der Waals surface area (Å²) in [5, 5.41) is 16.3. The number of aromatic nitrogens is 4. The van der Waals surface area contributed by atoms with Crippen molar-refractivity contribution in [3.8, 4) is 5.82 Å². The molecular formula is C22H35N8O+. The van der Waals surface area contributed by atoms with E-state index in [-0.39, 0.29) is 11.9 Å². The van der Waals surface area contributed by atoms with E-state index in [1.165, 1.54) is 6.33 Å². The molecule has 1 fully saturated rings. The molecular weight excluding hydrogens is 392 g/mol. The van der Waals surface area contributed by atoms with E-state index in [9.17, 15) is 4.79 Å². The van der Waals surface area contributed by atoms with E-state index < -0.39 is 0 Å². The fourth-order valence-electron chi connectivity index (χ4n) is 3.88. The predicted octanol–water partition coefficient (Wildman–Crippen LogP) is 1.64. The molecule has 4 N–H and O–H groups in total. The number of nitrogens with zero attached hydrogens (tertiary/aromatic N) is 5. The quantitative estimate of drug-likeness (QED) is 0.459. The molecule has 0 aromatic carbocycles. The Labute approximate surface area is 184 Å². The summed E-state index contributed by atoms with van der Waals surface area (Å²) in [7, 11) is 0. The Morgan fingerprint density at radius 1 is 1.26 bits per heavy atom. The van der Waals surface area contributed by atoms with Crippen LogP contribution in [0.1, 0.15) is 45.7 Å². The molecule has 2 amide bonds. The number of urea groups is 1. The summed E-state index contributed by atoms with van der Waals surface area (Å²) >= 11 is 0. The second-order valence-electron chi connectivity index (χ2n) is 8.70. The Kier molecular flexibility index (Phi) is 7.59. The van der Waals surface area contributed by atoms with Crippen molar-refractivity contribution in [1.29, 1.82) is 0 Å². The van der Waals surface area contributed by atoms with Crippen LogP contribution in [0.3, 0.4) is 0 Å². The van der Waals surface area contributed by atoms with Gasteiger partial charge in [-0.05, 0) is 50.2 Å². The van der Waals surface area contributed by atoms with E-state index in [2.05, 4.69) is 32.6 Å². The number of carbonyl (C=O) groups excluding carboxylic acids is 1. The lowest BCUT2D eigenvalue weighted by atomic mass is 9.83. The second kappa shape index (κ2) is 10.4. The number of likely N-dealkylation sites (tertiary alicyclic amines) is 1. The third kappa shape index (κ3) is 6.02. The summed E-state index contributed by atoms with van der Waals surface area (Å²) in [5.74, 6) is 2.66. The highest BCUT2D eigenvalue weighted by atomic mass is 16.2. The molecule has 168 valence electrons. The van der Waals surface area contributed by atoms with Crippen molar-refractivity contribution in [2.75, 3.05) is 25.0 Å². The van der Waals surface area contributed by atoms with Gasteiger partial charge in [-0.2, -0.15) is 10.4 Å². The fourth-order valence-corrected chi connectivity index (χ4v) is 3.88. The Balaban J connectivity index is 1.41. The molecule has 2 aromatic rings.